The van der Waals surface area contributed by atoms with Crippen molar-refractivity contribution in [1.82, 2.24) is 0 Å². The van der Waals surface area contributed by atoms with E-state index in [1.807, 2.05) is 0 Å². The van der Waals surface area contributed by atoms with Crippen molar-refractivity contribution >= 4 is 0 Å². The zero-order chi connectivity index (χ0) is 10.7. The molecule has 1 aliphatic carbocycles. The fourth-order valence-corrected chi connectivity index (χ4v) is 3.77. The Bertz CT molecular complexity index is 188. The summed E-state index contributed by atoms with van der Waals surface area (Å²) in [6.45, 7) is 5.41. The largest absolute Gasteiger partial charge is 0.324 e. The van der Waals surface area contributed by atoms with E-state index in [4.69, 9.17) is 0 Å². The summed E-state index contributed by atoms with van der Waals surface area (Å²) in [6.07, 6.45) is 11.9. The highest BCUT2D eigenvalue weighted by Gasteiger charge is 2.36. The molecule has 1 atom stereocenters. The second-order valence-corrected chi connectivity index (χ2v) is 6.13. The van der Waals surface area contributed by atoms with Crippen LogP contribution in [0.5, 0.6) is 0 Å². The number of nitrogens with zero attached hydrogens (tertiary/aromatic N) is 1. The highest BCUT2D eigenvalue weighted by molar-refractivity contribution is 4.73. The van der Waals surface area contributed by atoms with E-state index in [9.17, 15) is 0 Å². The van der Waals surface area contributed by atoms with Crippen molar-refractivity contribution in [1.29, 1.82) is 0 Å². The fraction of sp³-hybridized carbons (Fsp3) is 1.00. The molecule has 1 heterocycles. The van der Waals surface area contributed by atoms with Crippen LogP contribution >= 0.6 is 0 Å². The maximum absolute atomic E-state index is 2.53. The monoisotopic (exact) mass is 210 g/mol. The molecule has 2 aliphatic rings. The third kappa shape index (κ3) is 2.55. The molecule has 1 heteroatoms. The maximum atomic E-state index is 2.53. The van der Waals surface area contributed by atoms with Gasteiger partial charge in [0.05, 0.1) is 26.2 Å². The average Bonchev–Trinajstić information content (AvgIpc) is 2.30. The lowest BCUT2D eigenvalue weighted by Crippen LogP contribution is -2.56. The van der Waals surface area contributed by atoms with Crippen molar-refractivity contribution in [3.8, 4) is 0 Å². The smallest absolute Gasteiger partial charge is 0.0888 e. The Balaban J connectivity index is 1.94. The molecule has 1 saturated carbocycles. The third-order valence-electron chi connectivity index (χ3n) is 5.15. The van der Waals surface area contributed by atoms with E-state index in [1.54, 1.807) is 0 Å². The molecule has 1 unspecified atom stereocenters. The predicted molar refractivity (Wildman–Crippen MR) is 65.8 cm³/mol. The highest BCUT2D eigenvalue weighted by atomic mass is 15.4. The molecular weight excluding hydrogens is 182 g/mol. The lowest BCUT2D eigenvalue weighted by Gasteiger charge is -2.46. The zero-order valence-corrected chi connectivity index (χ0v) is 10.7. The minimum atomic E-state index is 0.922. The number of hydrogen-bond acceptors (Lipinski definition) is 0. The molecule has 0 bridgehead atoms. The van der Waals surface area contributed by atoms with Crippen molar-refractivity contribution < 1.29 is 4.48 Å². The minimum absolute atomic E-state index is 0.922. The number of rotatable bonds is 2. The summed E-state index contributed by atoms with van der Waals surface area (Å²) < 4.78 is 1.38. The SMILES string of the molecule is CC(C1CCCCC1)[N+]1(C)CCCCC1. The van der Waals surface area contributed by atoms with Gasteiger partial charge in [0, 0.05) is 5.92 Å². The zero-order valence-electron chi connectivity index (χ0n) is 10.7. The first-order chi connectivity index (χ1) is 7.22. The van der Waals surface area contributed by atoms with Crippen molar-refractivity contribution in [3.05, 3.63) is 0 Å². The van der Waals surface area contributed by atoms with Crippen LogP contribution in [0, 0.1) is 5.92 Å². The van der Waals surface area contributed by atoms with Gasteiger partial charge in [-0.05, 0) is 39.0 Å². The number of likely N-dealkylation sites (tertiary alicyclic amines) is 1. The second kappa shape index (κ2) is 4.86. The normalized spacial score (nSPS) is 30.0. The molecule has 0 radical (unpaired) electrons. The van der Waals surface area contributed by atoms with Gasteiger partial charge in [-0.1, -0.05) is 19.3 Å². The van der Waals surface area contributed by atoms with E-state index in [0.717, 1.165) is 12.0 Å². The van der Waals surface area contributed by atoms with Crippen LogP contribution in [0.25, 0.3) is 0 Å². The van der Waals surface area contributed by atoms with E-state index >= 15 is 0 Å². The molecule has 15 heavy (non-hydrogen) atoms. The molecule has 88 valence electrons. The van der Waals surface area contributed by atoms with Gasteiger partial charge in [0.2, 0.25) is 0 Å². The Labute approximate surface area is 95.4 Å². The third-order valence-corrected chi connectivity index (χ3v) is 5.15. The lowest BCUT2D eigenvalue weighted by molar-refractivity contribution is -0.939. The number of piperidine rings is 1. The molecule has 2 rings (SSSR count). The van der Waals surface area contributed by atoms with E-state index < -0.39 is 0 Å². The van der Waals surface area contributed by atoms with Crippen LogP contribution in [0.3, 0.4) is 0 Å². The summed E-state index contributed by atoms with van der Waals surface area (Å²) in [4.78, 5) is 0. The molecule has 1 aliphatic heterocycles. The van der Waals surface area contributed by atoms with Crippen LogP contribution in [-0.4, -0.2) is 30.7 Å². The Morgan fingerprint density at radius 1 is 0.867 bits per heavy atom. The molecule has 1 saturated heterocycles. The van der Waals surface area contributed by atoms with Crippen LogP contribution in [0.15, 0.2) is 0 Å². The minimum Gasteiger partial charge on any atom is -0.324 e. The molecule has 0 aromatic rings. The van der Waals surface area contributed by atoms with Crippen LogP contribution in [0.2, 0.25) is 0 Å². The lowest BCUT2D eigenvalue weighted by atomic mass is 9.82. The van der Waals surface area contributed by atoms with Crippen LogP contribution in [0.1, 0.15) is 58.3 Å². The van der Waals surface area contributed by atoms with Crippen LogP contribution in [0.4, 0.5) is 0 Å². The van der Waals surface area contributed by atoms with E-state index in [1.165, 1.54) is 68.9 Å². The molecule has 0 aromatic carbocycles. The van der Waals surface area contributed by atoms with Gasteiger partial charge < -0.3 is 4.48 Å². The molecule has 0 aromatic heterocycles. The van der Waals surface area contributed by atoms with Gasteiger partial charge in [-0.3, -0.25) is 0 Å². The molecule has 0 spiro atoms. The summed E-state index contributed by atoms with van der Waals surface area (Å²) in [7, 11) is 2.51. The Kier molecular flexibility index (Phi) is 3.71. The van der Waals surface area contributed by atoms with Crippen molar-refractivity contribution in [2.24, 2.45) is 5.92 Å². The summed E-state index contributed by atoms with van der Waals surface area (Å²) in [5, 5.41) is 0. The average molecular weight is 210 g/mol. The number of quaternary nitrogens is 1. The number of hydrogen-bond donors (Lipinski definition) is 0. The molecule has 2 fully saturated rings. The summed E-state index contributed by atoms with van der Waals surface area (Å²) in [6, 6.07) is 0.922. The van der Waals surface area contributed by atoms with Gasteiger partial charge in [0.15, 0.2) is 0 Å². The highest BCUT2D eigenvalue weighted by Crippen LogP contribution is 2.33. The van der Waals surface area contributed by atoms with Crippen molar-refractivity contribution in [2.75, 3.05) is 20.1 Å². The molecule has 1 nitrogen and oxygen atoms in total. The Morgan fingerprint density at radius 3 is 2.00 bits per heavy atom. The van der Waals surface area contributed by atoms with Gasteiger partial charge >= 0.3 is 0 Å². The van der Waals surface area contributed by atoms with Crippen LogP contribution in [-0.2, 0) is 0 Å². The maximum Gasteiger partial charge on any atom is 0.0888 e. The molecular formula is C14H28N+. The topological polar surface area (TPSA) is 0 Å². The first kappa shape index (κ1) is 11.4. The van der Waals surface area contributed by atoms with Gasteiger partial charge in [-0.15, -0.1) is 0 Å². The summed E-state index contributed by atoms with van der Waals surface area (Å²) in [5.74, 6) is 1.03. The van der Waals surface area contributed by atoms with E-state index in [2.05, 4.69) is 14.0 Å². The summed E-state index contributed by atoms with van der Waals surface area (Å²) in [5.41, 5.74) is 0. The standard InChI is InChI=1S/C14H28N/c1-13(14-9-5-3-6-10-14)15(2)11-7-4-8-12-15/h13-14H,3-12H2,1-2H3/q+1. The van der Waals surface area contributed by atoms with E-state index in [0.29, 0.717) is 0 Å². The fourth-order valence-electron chi connectivity index (χ4n) is 3.77. The first-order valence-corrected chi connectivity index (χ1v) is 7.07. The summed E-state index contributed by atoms with van der Waals surface area (Å²) >= 11 is 0. The quantitative estimate of drug-likeness (QED) is 0.611. The second-order valence-electron chi connectivity index (χ2n) is 6.13. The van der Waals surface area contributed by atoms with Gasteiger partial charge in [-0.2, -0.15) is 0 Å². The van der Waals surface area contributed by atoms with Gasteiger partial charge in [0.25, 0.3) is 0 Å². The van der Waals surface area contributed by atoms with E-state index in [-0.39, 0.29) is 0 Å². The van der Waals surface area contributed by atoms with Gasteiger partial charge in [0.1, 0.15) is 0 Å². The van der Waals surface area contributed by atoms with Gasteiger partial charge in [-0.25, -0.2) is 0 Å². The molecule has 0 N–H and O–H groups in total. The Morgan fingerprint density at radius 2 is 1.40 bits per heavy atom. The van der Waals surface area contributed by atoms with Crippen molar-refractivity contribution in [3.63, 3.8) is 0 Å². The first-order valence-electron chi connectivity index (χ1n) is 7.07. The predicted octanol–water partition coefficient (Wildman–Crippen LogP) is 3.59. The molecule has 0 amide bonds. The van der Waals surface area contributed by atoms with Crippen molar-refractivity contribution in [2.45, 2.75) is 64.3 Å². The Hall–Kier alpha value is -0.0400. The van der Waals surface area contributed by atoms with Crippen LogP contribution < -0.4 is 0 Å².